The van der Waals surface area contributed by atoms with Gasteiger partial charge in [-0.15, -0.1) is 0 Å². The third-order valence-electron chi connectivity index (χ3n) is 4.78. The molecule has 2 aromatic carbocycles. The summed E-state index contributed by atoms with van der Waals surface area (Å²) in [5, 5.41) is 14.0. The average molecular weight is 446 g/mol. The summed E-state index contributed by atoms with van der Waals surface area (Å²) < 4.78 is 38.6. The number of benzene rings is 2. The number of halogens is 3. The number of likely N-dealkylation sites (N-methyl/N-ethyl adjacent to an activating group) is 1. The molecule has 1 aromatic heterocycles. The summed E-state index contributed by atoms with van der Waals surface area (Å²) in [5.41, 5.74) is 0.913. The molecule has 0 aliphatic rings. The van der Waals surface area contributed by atoms with E-state index in [-0.39, 0.29) is 11.3 Å². The monoisotopic (exact) mass is 446 g/mol. The summed E-state index contributed by atoms with van der Waals surface area (Å²) in [6.07, 6.45) is -4.46. The van der Waals surface area contributed by atoms with Crippen LogP contribution in [0.4, 0.5) is 18.9 Å². The Morgan fingerprint density at radius 2 is 1.78 bits per heavy atom. The second-order valence-corrected chi connectivity index (χ2v) is 7.41. The SMILES string of the molecule is CN(C)CCNC(=O)c1cc(-c2ccc(C(F)(F)F)cc2)[nH]c1-c1cccc([N+](=O)[O-])c1. The van der Waals surface area contributed by atoms with Gasteiger partial charge in [-0.2, -0.15) is 13.2 Å². The first-order chi connectivity index (χ1) is 15.1. The van der Waals surface area contributed by atoms with E-state index in [9.17, 15) is 28.1 Å². The largest absolute Gasteiger partial charge is 0.416 e. The summed E-state index contributed by atoms with van der Waals surface area (Å²) in [4.78, 5) is 28.4. The van der Waals surface area contributed by atoms with Crippen LogP contribution in [0.25, 0.3) is 22.5 Å². The zero-order valence-electron chi connectivity index (χ0n) is 17.4. The number of nitrogens with one attached hydrogen (secondary N) is 2. The van der Waals surface area contributed by atoms with E-state index in [0.29, 0.717) is 35.6 Å². The first kappa shape index (κ1) is 23.0. The number of nitro groups is 1. The van der Waals surface area contributed by atoms with Gasteiger partial charge < -0.3 is 15.2 Å². The number of carbonyl (C=O) groups is 1. The molecule has 1 amide bonds. The van der Waals surface area contributed by atoms with E-state index in [4.69, 9.17) is 0 Å². The number of alkyl halides is 3. The number of hydrogen-bond acceptors (Lipinski definition) is 4. The first-order valence-electron chi connectivity index (χ1n) is 9.64. The Balaban J connectivity index is 2.02. The molecule has 1 heterocycles. The molecule has 0 saturated carbocycles. The lowest BCUT2D eigenvalue weighted by Gasteiger charge is -2.10. The number of aromatic amines is 1. The molecule has 168 valence electrons. The van der Waals surface area contributed by atoms with E-state index >= 15 is 0 Å². The lowest BCUT2D eigenvalue weighted by molar-refractivity contribution is -0.384. The maximum absolute atomic E-state index is 12.9. The van der Waals surface area contributed by atoms with Crippen LogP contribution in [0.15, 0.2) is 54.6 Å². The summed E-state index contributed by atoms with van der Waals surface area (Å²) >= 11 is 0. The van der Waals surface area contributed by atoms with Gasteiger partial charge in [0.2, 0.25) is 0 Å². The Bertz CT molecular complexity index is 1120. The molecule has 0 atom stereocenters. The van der Waals surface area contributed by atoms with Crippen molar-refractivity contribution in [1.82, 2.24) is 15.2 Å². The van der Waals surface area contributed by atoms with Gasteiger partial charge in [0.15, 0.2) is 0 Å². The highest BCUT2D eigenvalue weighted by molar-refractivity contribution is 6.01. The molecule has 10 heteroatoms. The smallest absolute Gasteiger partial charge is 0.354 e. The number of nitrogens with zero attached hydrogens (tertiary/aromatic N) is 2. The number of amides is 1. The van der Waals surface area contributed by atoms with Gasteiger partial charge in [-0.25, -0.2) is 0 Å². The summed E-state index contributed by atoms with van der Waals surface area (Å²) in [6, 6.07) is 11.8. The van der Waals surface area contributed by atoms with Crippen molar-refractivity contribution in [2.45, 2.75) is 6.18 Å². The van der Waals surface area contributed by atoms with Crippen molar-refractivity contribution >= 4 is 11.6 Å². The molecule has 0 fully saturated rings. The fourth-order valence-electron chi connectivity index (χ4n) is 3.12. The fourth-order valence-corrected chi connectivity index (χ4v) is 3.12. The minimum absolute atomic E-state index is 0.146. The normalized spacial score (nSPS) is 11.6. The molecule has 7 nitrogen and oxygen atoms in total. The number of hydrogen-bond donors (Lipinski definition) is 2. The second-order valence-electron chi connectivity index (χ2n) is 7.41. The van der Waals surface area contributed by atoms with Crippen LogP contribution < -0.4 is 5.32 Å². The number of non-ortho nitro benzene ring substituents is 1. The maximum Gasteiger partial charge on any atom is 0.416 e. The quantitative estimate of drug-likeness (QED) is 0.411. The van der Waals surface area contributed by atoms with E-state index in [0.717, 1.165) is 12.1 Å². The van der Waals surface area contributed by atoms with Gasteiger partial charge in [0, 0.05) is 36.5 Å². The predicted octanol–water partition coefficient (Wildman–Crippen LogP) is 4.57. The van der Waals surface area contributed by atoms with Gasteiger partial charge >= 0.3 is 6.18 Å². The maximum atomic E-state index is 12.9. The van der Waals surface area contributed by atoms with Gasteiger partial charge in [-0.3, -0.25) is 14.9 Å². The van der Waals surface area contributed by atoms with Crippen molar-refractivity contribution in [2.75, 3.05) is 27.2 Å². The first-order valence-corrected chi connectivity index (χ1v) is 9.64. The van der Waals surface area contributed by atoms with Crippen LogP contribution in [0.5, 0.6) is 0 Å². The van der Waals surface area contributed by atoms with Crippen molar-refractivity contribution in [1.29, 1.82) is 0 Å². The van der Waals surface area contributed by atoms with Gasteiger partial charge in [0.05, 0.1) is 21.7 Å². The van der Waals surface area contributed by atoms with Crippen LogP contribution >= 0.6 is 0 Å². The molecule has 0 aliphatic heterocycles. The average Bonchev–Trinajstić information content (AvgIpc) is 3.18. The Kier molecular flexibility index (Phi) is 6.64. The molecule has 0 radical (unpaired) electrons. The van der Waals surface area contributed by atoms with Gasteiger partial charge in [0.25, 0.3) is 11.6 Å². The third kappa shape index (κ3) is 5.33. The fraction of sp³-hybridized carbons (Fsp3) is 0.227. The standard InChI is InChI=1S/C22H21F3N4O3/c1-28(2)11-10-26-21(30)18-13-19(14-6-8-16(9-7-14)22(23,24)25)27-20(18)15-4-3-5-17(12-15)29(31)32/h3-9,12-13,27H,10-11H2,1-2H3,(H,26,30). The minimum atomic E-state index is -4.46. The molecule has 0 spiro atoms. The Hall–Kier alpha value is -3.66. The van der Waals surface area contributed by atoms with Crippen molar-refractivity contribution in [2.24, 2.45) is 0 Å². The summed E-state index contributed by atoms with van der Waals surface area (Å²) in [6.45, 7) is 0.981. The topological polar surface area (TPSA) is 91.3 Å². The van der Waals surface area contributed by atoms with Crippen molar-refractivity contribution in [3.05, 3.63) is 75.8 Å². The van der Waals surface area contributed by atoms with Crippen LogP contribution in [-0.4, -0.2) is 47.9 Å². The second kappa shape index (κ2) is 9.23. The molecular formula is C22H21F3N4O3. The van der Waals surface area contributed by atoms with E-state index in [1.807, 2.05) is 19.0 Å². The van der Waals surface area contributed by atoms with E-state index in [1.165, 1.54) is 36.4 Å². The molecule has 0 aliphatic carbocycles. The molecule has 2 N–H and O–H groups in total. The number of rotatable bonds is 7. The molecular weight excluding hydrogens is 425 g/mol. The molecule has 0 saturated heterocycles. The van der Waals surface area contributed by atoms with E-state index in [2.05, 4.69) is 10.3 Å². The highest BCUT2D eigenvalue weighted by Crippen LogP contribution is 2.33. The zero-order valence-corrected chi connectivity index (χ0v) is 17.4. The highest BCUT2D eigenvalue weighted by atomic mass is 19.4. The number of aromatic nitrogens is 1. The lowest BCUT2D eigenvalue weighted by Crippen LogP contribution is -2.31. The van der Waals surface area contributed by atoms with Crippen LogP contribution in [0, 0.1) is 10.1 Å². The van der Waals surface area contributed by atoms with Crippen LogP contribution in [0.3, 0.4) is 0 Å². The Labute approximate surface area is 182 Å². The van der Waals surface area contributed by atoms with Crippen molar-refractivity contribution in [3.8, 4) is 22.5 Å². The zero-order chi connectivity index (χ0) is 23.5. The number of nitro benzene ring substituents is 1. The minimum Gasteiger partial charge on any atom is -0.354 e. The molecule has 3 aromatic rings. The summed E-state index contributed by atoms with van der Waals surface area (Å²) in [5.74, 6) is -0.400. The Morgan fingerprint density at radius 1 is 1.09 bits per heavy atom. The number of H-pyrrole nitrogens is 1. The summed E-state index contributed by atoms with van der Waals surface area (Å²) in [7, 11) is 3.72. The molecule has 32 heavy (non-hydrogen) atoms. The van der Waals surface area contributed by atoms with Crippen LogP contribution in [-0.2, 0) is 6.18 Å². The number of carbonyl (C=O) groups excluding carboxylic acids is 1. The van der Waals surface area contributed by atoms with Gasteiger partial charge in [0.1, 0.15) is 0 Å². The van der Waals surface area contributed by atoms with Crippen molar-refractivity contribution < 1.29 is 22.9 Å². The predicted molar refractivity (Wildman–Crippen MR) is 114 cm³/mol. The molecule has 0 bridgehead atoms. The Morgan fingerprint density at radius 3 is 2.38 bits per heavy atom. The third-order valence-corrected chi connectivity index (χ3v) is 4.78. The van der Waals surface area contributed by atoms with Gasteiger partial charge in [-0.1, -0.05) is 24.3 Å². The van der Waals surface area contributed by atoms with Crippen LogP contribution in [0.1, 0.15) is 15.9 Å². The highest BCUT2D eigenvalue weighted by Gasteiger charge is 2.30. The van der Waals surface area contributed by atoms with Crippen LogP contribution in [0.2, 0.25) is 0 Å². The van der Waals surface area contributed by atoms with E-state index < -0.39 is 22.6 Å². The van der Waals surface area contributed by atoms with Crippen molar-refractivity contribution in [3.63, 3.8) is 0 Å². The van der Waals surface area contributed by atoms with Gasteiger partial charge in [-0.05, 0) is 37.9 Å². The lowest BCUT2D eigenvalue weighted by atomic mass is 10.1. The van der Waals surface area contributed by atoms with E-state index in [1.54, 1.807) is 6.07 Å². The molecule has 0 unspecified atom stereocenters. The molecule has 3 rings (SSSR count).